The Balaban J connectivity index is 1.43. The summed E-state index contributed by atoms with van der Waals surface area (Å²) in [4.78, 5) is 24.9. The average Bonchev–Trinajstić information content (AvgIpc) is 2.80. The number of nitrogens with one attached hydrogen (secondary N) is 1. The number of para-hydroxylation sites is 1. The molecular formula is C25H20FNO5. The highest BCUT2D eigenvalue weighted by atomic mass is 19.1. The third kappa shape index (κ3) is 4.95. The van der Waals surface area contributed by atoms with E-state index >= 15 is 0 Å². The predicted octanol–water partition coefficient (Wildman–Crippen LogP) is 4.73. The van der Waals surface area contributed by atoms with Crippen molar-refractivity contribution in [3.05, 3.63) is 100 Å². The Morgan fingerprint density at radius 3 is 2.50 bits per heavy atom. The first-order valence-corrected chi connectivity index (χ1v) is 9.94. The third-order valence-electron chi connectivity index (χ3n) is 4.72. The van der Waals surface area contributed by atoms with Crippen LogP contribution in [-0.4, -0.2) is 12.5 Å². The Hall–Kier alpha value is -4.13. The Morgan fingerprint density at radius 2 is 1.75 bits per heavy atom. The SMILES string of the molecule is Cc1oc2cc(OCC(=O)NCc3ccc(F)cc3)ccc2c(=O)c1Oc1ccccc1. The Bertz CT molecular complexity index is 1300. The molecule has 7 heteroatoms. The smallest absolute Gasteiger partial charge is 0.258 e. The van der Waals surface area contributed by atoms with Crippen LogP contribution < -0.4 is 20.2 Å². The van der Waals surface area contributed by atoms with Crippen molar-refractivity contribution in [2.75, 3.05) is 6.61 Å². The first kappa shape index (κ1) is 21.1. The number of aryl methyl sites for hydroxylation is 1. The van der Waals surface area contributed by atoms with Crippen LogP contribution in [0.3, 0.4) is 0 Å². The van der Waals surface area contributed by atoms with Gasteiger partial charge in [-0.3, -0.25) is 9.59 Å². The Labute approximate surface area is 183 Å². The second-order valence-electron chi connectivity index (χ2n) is 7.08. The summed E-state index contributed by atoms with van der Waals surface area (Å²) < 4.78 is 29.9. The molecule has 4 rings (SSSR count). The lowest BCUT2D eigenvalue weighted by atomic mass is 10.2. The molecule has 0 unspecified atom stereocenters. The molecule has 0 aliphatic carbocycles. The van der Waals surface area contributed by atoms with Crippen LogP contribution in [0.4, 0.5) is 4.39 Å². The molecule has 1 amide bonds. The minimum absolute atomic E-state index is 0.123. The van der Waals surface area contributed by atoms with Gasteiger partial charge in [-0.25, -0.2) is 4.39 Å². The first-order valence-electron chi connectivity index (χ1n) is 9.94. The highest BCUT2D eigenvalue weighted by Crippen LogP contribution is 2.27. The molecule has 32 heavy (non-hydrogen) atoms. The largest absolute Gasteiger partial charge is 0.484 e. The van der Waals surface area contributed by atoms with Crippen LogP contribution in [0.15, 0.2) is 82.0 Å². The van der Waals surface area contributed by atoms with E-state index in [1.165, 1.54) is 12.1 Å². The minimum atomic E-state index is -0.335. The molecule has 0 saturated heterocycles. The van der Waals surface area contributed by atoms with Gasteiger partial charge in [0.25, 0.3) is 5.91 Å². The summed E-state index contributed by atoms with van der Waals surface area (Å²) in [5.74, 6) is 0.708. The van der Waals surface area contributed by atoms with E-state index in [1.807, 2.05) is 18.2 Å². The molecule has 6 nitrogen and oxygen atoms in total. The second kappa shape index (κ2) is 9.34. The molecule has 1 heterocycles. The second-order valence-corrected chi connectivity index (χ2v) is 7.08. The number of rotatable bonds is 7. The van der Waals surface area contributed by atoms with E-state index in [0.717, 1.165) is 5.56 Å². The molecule has 0 saturated carbocycles. The van der Waals surface area contributed by atoms with Gasteiger partial charge in [0.2, 0.25) is 11.2 Å². The normalized spacial score (nSPS) is 10.7. The highest BCUT2D eigenvalue weighted by Gasteiger charge is 2.15. The molecule has 0 aliphatic heterocycles. The number of carbonyl (C=O) groups excluding carboxylic acids is 1. The summed E-state index contributed by atoms with van der Waals surface area (Å²) in [7, 11) is 0. The van der Waals surface area contributed by atoms with Crippen molar-refractivity contribution in [3.8, 4) is 17.2 Å². The number of hydrogen-bond acceptors (Lipinski definition) is 5. The van der Waals surface area contributed by atoms with Gasteiger partial charge in [-0.1, -0.05) is 30.3 Å². The molecule has 4 aromatic rings. The summed E-state index contributed by atoms with van der Waals surface area (Å²) in [5, 5.41) is 3.04. The molecule has 162 valence electrons. The summed E-state index contributed by atoms with van der Waals surface area (Å²) in [6.07, 6.45) is 0. The minimum Gasteiger partial charge on any atom is -0.484 e. The summed E-state index contributed by atoms with van der Waals surface area (Å²) in [5.41, 5.74) is 0.810. The van der Waals surface area contributed by atoms with E-state index < -0.39 is 0 Å². The van der Waals surface area contributed by atoms with Gasteiger partial charge >= 0.3 is 0 Å². The van der Waals surface area contributed by atoms with Crippen molar-refractivity contribution >= 4 is 16.9 Å². The Morgan fingerprint density at radius 1 is 1.00 bits per heavy atom. The molecule has 3 aromatic carbocycles. The number of fused-ring (bicyclic) bond motifs is 1. The molecule has 0 fully saturated rings. The van der Waals surface area contributed by atoms with Crippen molar-refractivity contribution in [2.45, 2.75) is 13.5 Å². The fourth-order valence-electron chi connectivity index (χ4n) is 3.09. The molecule has 0 spiro atoms. The number of carbonyl (C=O) groups is 1. The van der Waals surface area contributed by atoms with E-state index in [0.29, 0.717) is 28.2 Å². The zero-order valence-electron chi connectivity index (χ0n) is 17.3. The van der Waals surface area contributed by atoms with Crippen LogP contribution in [0.2, 0.25) is 0 Å². The molecule has 0 aliphatic rings. The van der Waals surface area contributed by atoms with E-state index in [9.17, 15) is 14.0 Å². The lowest BCUT2D eigenvalue weighted by molar-refractivity contribution is -0.123. The number of hydrogen-bond donors (Lipinski definition) is 1. The van der Waals surface area contributed by atoms with Crippen LogP contribution in [0, 0.1) is 12.7 Å². The van der Waals surface area contributed by atoms with Gasteiger partial charge in [-0.2, -0.15) is 0 Å². The van der Waals surface area contributed by atoms with E-state index in [1.54, 1.807) is 49.4 Å². The quantitative estimate of drug-likeness (QED) is 0.456. The molecule has 0 atom stereocenters. The lowest BCUT2D eigenvalue weighted by Crippen LogP contribution is -2.28. The van der Waals surface area contributed by atoms with Crippen LogP contribution in [0.1, 0.15) is 11.3 Å². The van der Waals surface area contributed by atoms with Crippen molar-refractivity contribution in [2.24, 2.45) is 0 Å². The summed E-state index contributed by atoms with van der Waals surface area (Å²) in [6, 6.07) is 19.6. The van der Waals surface area contributed by atoms with E-state index in [2.05, 4.69) is 5.32 Å². The number of ether oxygens (including phenoxy) is 2. The van der Waals surface area contributed by atoms with E-state index in [4.69, 9.17) is 13.9 Å². The maximum Gasteiger partial charge on any atom is 0.258 e. The van der Waals surface area contributed by atoms with Crippen molar-refractivity contribution in [1.82, 2.24) is 5.32 Å². The third-order valence-corrected chi connectivity index (χ3v) is 4.72. The van der Waals surface area contributed by atoms with Gasteiger partial charge in [0.05, 0.1) is 5.39 Å². The zero-order chi connectivity index (χ0) is 22.5. The van der Waals surface area contributed by atoms with Gasteiger partial charge in [0.1, 0.15) is 28.7 Å². The molecule has 1 N–H and O–H groups in total. The van der Waals surface area contributed by atoms with Gasteiger partial charge < -0.3 is 19.2 Å². The first-order chi connectivity index (χ1) is 15.5. The lowest BCUT2D eigenvalue weighted by Gasteiger charge is -2.10. The van der Waals surface area contributed by atoms with Crippen LogP contribution in [0.25, 0.3) is 11.0 Å². The average molecular weight is 433 g/mol. The molecule has 1 aromatic heterocycles. The van der Waals surface area contributed by atoms with Gasteiger partial charge in [0.15, 0.2) is 6.61 Å². The number of halogens is 1. The maximum atomic E-state index is 12.9. The maximum absolute atomic E-state index is 12.9. The van der Waals surface area contributed by atoms with Gasteiger partial charge in [-0.05, 0) is 48.9 Å². The molecule has 0 radical (unpaired) electrons. The standard InChI is InChI=1S/C25H20FNO5/c1-16-25(32-19-5-3-2-4-6-19)24(29)21-12-11-20(13-22(21)31-16)30-15-23(28)27-14-17-7-9-18(26)10-8-17/h2-13H,14-15H2,1H3,(H,27,28). The Kier molecular flexibility index (Phi) is 6.17. The molecule has 0 bridgehead atoms. The van der Waals surface area contributed by atoms with Crippen LogP contribution >= 0.6 is 0 Å². The van der Waals surface area contributed by atoms with Crippen LogP contribution in [-0.2, 0) is 11.3 Å². The summed E-state index contributed by atoms with van der Waals surface area (Å²) in [6.45, 7) is 1.69. The van der Waals surface area contributed by atoms with Crippen molar-refractivity contribution < 1.29 is 23.1 Å². The number of benzene rings is 3. The zero-order valence-corrected chi connectivity index (χ0v) is 17.3. The summed E-state index contributed by atoms with van der Waals surface area (Å²) >= 11 is 0. The fraction of sp³-hybridized carbons (Fsp3) is 0.120. The van der Waals surface area contributed by atoms with Gasteiger partial charge in [0, 0.05) is 12.6 Å². The van der Waals surface area contributed by atoms with Crippen LogP contribution in [0.5, 0.6) is 17.2 Å². The van der Waals surface area contributed by atoms with Gasteiger partial charge in [-0.15, -0.1) is 0 Å². The monoisotopic (exact) mass is 433 g/mol. The predicted molar refractivity (Wildman–Crippen MR) is 117 cm³/mol. The number of amides is 1. The highest BCUT2D eigenvalue weighted by molar-refractivity contribution is 5.80. The topological polar surface area (TPSA) is 77.8 Å². The van der Waals surface area contributed by atoms with Crippen molar-refractivity contribution in [3.63, 3.8) is 0 Å². The van der Waals surface area contributed by atoms with E-state index in [-0.39, 0.29) is 36.1 Å². The fourth-order valence-corrected chi connectivity index (χ4v) is 3.09. The van der Waals surface area contributed by atoms with Crippen molar-refractivity contribution in [1.29, 1.82) is 0 Å². The molecular weight excluding hydrogens is 413 g/mol.